The maximum Gasteiger partial charge on any atom is 0.125 e. The van der Waals surface area contributed by atoms with Crippen molar-refractivity contribution in [2.75, 3.05) is 4.90 Å². The Morgan fingerprint density at radius 1 is 0.341 bits per heavy atom. The number of fused-ring (bicyclic) bond motifs is 13. The Morgan fingerprint density at radius 2 is 0.805 bits per heavy atom. The van der Waals surface area contributed by atoms with Crippen molar-refractivity contribution in [2.24, 2.45) is 0 Å². The number of rotatable bonds is 6. The van der Waals surface area contributed by atoms with E-state index in [4.69, 9.17) is 0 Å². The van der Waals surface area contributed by atoms with E-state index < -0.39 is 0 Å². The number of benzene rings is 11. The quantitative estimate of drug-likeness (QED) is 0.162. The number of para-hydroxylation sites is 2. The SMILES string of the molecule is CC(C)(C)c1cc(-c2ccccc2)c(N(c2cccc(F)c2)c2cc(-n3c4ccc(C(C)(C)C)cc4c4cc(C(C)(C)C)ccc43)cc3c2c2cccc4c5ccccc5c5ccccc5c5ccccc5n3c42)c(-c2ccccc2)c1. The van der Waals surface area contributed by atoms with Crippen molar-refractivity contribution in [2.45, 2.75) is 78.6 Å². The predicted octanol–water partition coefficient (Wildman–Crippen LogP) is 22.2. The summed E-state index contributed by atoms with van der Waals surface area (Å²) in [4.78, 5) is 2.40. The maximum atomic E-state index is 16.7. The van der Waals surface area contributed by atoms with Gasteiger partial charge in [-0.3, -0.25) is 0 Å². The lowest BCUT2D eigenvalue weighted by atomic mass is 9.82. The molecule has 0 atom stereocenters. The van der Waals surface area contributed by atoms with Crippen LogP contribution in [0.3, 0.4) is 0 Å². The first-order valence-electron chi connectivity index (χ1n) is 28.9. The molecule has 0 aliphatic heterocycles. The fourth-order valence-electron chi connectivity index (χ4n) is 13.0. The number of hydrogen-bond donors (Lipinski definition) is 0. The van der Waals surface area contributed by atoms with E-state index >= 15 is 4.39 Å². The number of anilines is 3. The smallest absolute Gasteiger partial charge is 0.125 e. The molecule has 0 unspecified atom stereocenters. The van der Waals surface area contributed by atoms with Gasteiger partial charge in [-0.2, -0.15) is 0 Å². The highest BCUT2D eigenvalue weighted by Gasteiger charge is 2.31. The van der Waals surface area contributed by atoms with Gasteiger partial charge in [-0.25, -0.2) is 4.39 Å². The second-order valence-corrected chi connectivity index (χ2v) is 25.5. The van der Waals surface area contributed by atoms with Gasteiger partial charge >= 0.3 is 0 Å². The van der Waals surface area contributed by atoms with E-state index in [0.29, 0.717) is 5.69 Å². The zero-order valence-corrected chi connectivity index (χ0v) is 48.2. The van der Waals surface area contributed by atoms with Crippen LogP contribution in [0, 0.1) is 5.82 Å². The first-order chi connectivity index (χ1) is 39.5. The first-order valence-corrected chi connectivity index (χ1v) is 28.9. The van der Waals surface area contributed by atoms with Gasteiger partial charge in [0.2, 0.25) is 0 Å². The van der Waals surface area contributed by atoms with Crippen molar-refractivity contribution in [3.63, 3.8) is 0 Å². The van der Waals surface area contributed by atoms with Crippen LogP contribution in [0.5, 0.6) is 0 Å². The van der Waals surface area contributed by atoms with Gasteiger partial charge in [0.05, 0.1) is 44.6 Å². The van der Waals surface area contributed by atoms with Crippen LogP contribution in [0.15, 0.2) is 237 Å². The van der Waals surface area contributed by atoms with E-state index in [0.717, 1.165) is 99.2 Å². The Hall–Kier alpha value is -9.25. The average molecular weight is 1060 g/mol. The standard InChI is InChI=1S/C78H66FN3/c1-76(2,3)51-38-40-69-66(42-51)67-43-52(77(4,5)6)39-41-70(67)80(69)56-47-71(81(55-29-22-28-54(79)46-55)75-64(49-24-12-10-13-25-49)44-53(78(7,8)9)45-65(75)50-26-14-11-15-27-50)73-63-36-23-35-62-60-33-19-17-31-58(60)57-30-16-18-32-59(57)61-34-20-21-37-68(61)82(74(62)63)72(73)48-56/h10-48H,1-9H3. The highest BCUT2D eigenvalue weighted by atomic mass is 19.1. The lowest BCUT2D eigenvalue weighted by Gasteiger charge is -2.33. The lowest BCUT2D eigenvalue weighted by Crippen LogP contribution is -2.17. The van der Waals surface area contributed by atoms with E-state index in [1.54, 1.807) is 12.1 Å². The van der Waals surface area contributed by atoms with Gasteiger partial charge in [0.25, 0.3) is 0 Å². The number of hydrogen-bond acceptors (Lipinski definition) is 1. The van der Waals surface area contributed by atoms with Crippen LogP contribution >= 0.6 is 0 Å². The summed E-state index contributed by atoms with van der Waals surface area (Å²) in [5, 5.41) is 11.5. The molecule has 0 aliphatic carbocycles. The zero-order chi connectivity index (χ0) is 56.4. The molecule has 82 heavy (non-hydrogen) atoms. The highest BCUT2D eigenvalue weighted by molar-refractivity contribution is 6.28. The van der Waals surface area contributed by atoms with E-state index in [1.807, 2.05) is 6.07 Å². The van der Waals surface area contributed by atoms with Crippen LogP contribution in [-0.4, -0.2) is 8.97 Å². The first kappa shape index (κ1) is 50.9. The molecule has 14 rings (SSSR count). The molecule has 3 aromatic heterocycles. The molecule has 4 heteroatoms. The fraction of sp³-hybridized carbons (Fsp3) is 0.154. The van der Waals surface area contributed by atoms with Crippen LogP contribution in [0.4, 0.5) is 21.5 Å². The van der Waals surface area contributed by atoms with Gasteiger partial charge in [-0.05, 0) is 138 Å². The molecule has 0 saturated carbocycles. The van der Waals surface area contributed by atoms with Crippen molar-refractivity contribution in [3.8, 4) is 27.9 Å². The normalized spacial score (nSPS) is 12.5. The second-order valence-electron chi connectivity index (χ2n) is 25.5. The Labute approximate surface area is 479 Å². The molecule has 0 spiro atoms. The summed E-state index contributed by atoms with van der Waals surface area (Å²) in [5.74, 6) is -0.313. The van der Waals surface area contributed by atoms with Gasteiger partial charge < -0.3 is 13.9 Å². The van der Waals surface area contributed by atoms with Crippen LogP contribution in [-0.2, 0) is 16.2 Å². The Morgan fingerprint density at radius 3 is 1.34 bits per heavy atom. The van der Waals surface area contributed by atoms with Crippen LogP contribution in [0.2, 0.25) is 0 Å². The van der Waals surface area contributed by atoms with Gasteiger partial charge in [0.1, 0.15) is 5.82 Å². The summed E-state index contributed by atoms with van der Waals surface area (Å²) in [5.41, 5.74) is 16.6. The van der Waals surface area contributed by atoms with E-state index in [1.165, 1.54) is 38.2 Å². The molecule has 0 N–H and O–H groups in total. The third-order valence-corrected chi connectivity index (χ3v) is 17.2. The van der Waals surface area contributed by atoms with Gasteiger partial charge in [0, 0.05) is 49.1 Å². The summed E-state index contributed by atoms with van der Waals surface area (Å²) < 4.78 is 21.8. The summed E-state index contributed by atoms with van der Waals surface area (Å²) in [6.07, 6.45) is 0. The van der Waals surface area contributed by atoms with Crippen molar-refractivity contribution < 1.29 is 4.39 Å². The molecular weight excluding hydrogens is 998 g/mol. The third-order valence-electron chi connectivity index (χ3n) is 17.2. The number of aromatic nitrogens is 2. The van der Waals surface area contributed by atoms with Crippen molar-refractivity contribution in [1.82, 2.24) is 8.97 Å². The molecule has 0 fully saturated rings. The molecule has 0 aliphatic rings. The fourth-order valence-corrected chi connectivity index (χ4v) is 13.0. The molecule has 0 bridgehead atoms. The minimum Gasteiger partial charge on any atom is -0.309 e. The number of nitrogens with zero attached hydrogens (tertiary/aromatic N) is 3. The van der Waals surface area contributed by atoms with Gasteiger partial charge in [0.15, 0.2) is 0 Å². The summed E-state index contributed by atoms with van der Waals surface area (Å²) in [6, 6.07) is 86.1. The predicted molar refractivity (Wildman–Crippen MR) is 350 cm³/mol. The summed E-state index contributed by atoms with van der Waals surface area (Å²) in [6.45, 7) is 20.7. The molecule has 0 amide bonds. The largest absolute Gasteiger partial charge is 0.309 e. The Bertz CT molecular complexity index is 4790. The van der Waals surface area contributed by atoms with E-state index in [9.17, 15) is 0 Å². The monoisotopic (exact) mass is 1060 g/mol. The Balaban J connectivity index is 1.27. The van der Waals surface area contributed by atoms with Crippen molar-refractivity contribution in [3.05, 3.63) is 259 Å². The minimum atomic E-state index is -0.313. The molecule has 3 nitrogen and oxygen atoms in total. The van der Waals surface area contributed by atoms with Crippen LogP contribution < -0.4 is 4.90 Å². The zero-order valence-electron chi connectivity index (χ0n) is 48.2. The average Bonchev–Trinajstić information content (AvgIpc) is 2.33. The summed E-state index contributed by atoms with van der Waals surface area (Å²) >= 11 is 0. The second kappa shape index (κ2) is 18.9. The number of halogens is 1. The van der Waals surface area contributed by atoms with Crippen molar-refractivity contribution in [1.29, 1.82) is 0 Å². The topological polar surface area (TPSA) is 12.6 Å². The summed E-state index contributed by atoms with van der Waals surface area (Å²) in [7, 11) is 0. The van der Waals surface area contributed by atoms with Crippen LogP contribution in [0.25, 0.3) is 109 Å². The molecule has 3 heterocycles. The maximum absolute atomic E-state index is 16.7. The van der Waals surface area contributed by atoms with Crippen LogP contribution in [0.1, 0.15) is 79.0 Å². The molecule has 0 saturated heterocycles. The Kier molecular flexibility index (Phi) is 11.8. The van der Waals surface area contributed by atoms with Gasteiger partial charge in [-0.1, -0.05) is 226 Å². The molecule has 400 valence electrons. The molecule has 14 aromatic rings. The lowest BCUT2D eigenvalue weighted by molar-refractivity contribution is 0.590. The third kappa shape index (κ3) is 8.29. The molecular formula is C78H66FN3. The minimum absolute atomic E-state index is 0.0791. The molecule has 0 radical (unpaired) electrons. The van der Waals surface area contributed by atoms with E-state index in [2.05, 4.69) is 295 Å². The highest BCUT2D eigenvalue weighted by Crippen LogP contribution is 2.53. The van der Waals surface area contributed by atoms with Crippen molar-refractivity contribution >= 4 is 98.5 Å². The molecule has 11 aromatic carbocycles. The van der Waals surface area contributed by atoms with Gasteiger partial charge in [-0.15, -0.1) is 0 Å². The van der Waals surface area contributed by atoms with E-state index in [-0.39, 0.29) is 22.1 Å².